The highest BCUT2D eigenvalue weighted by Crippen LogP contribution is 1.97. The van der Waals surface area contributed by atoms with Crippen LogP contribution in [0.25, 0.3) is 0 Å². The summed E-state index contributed by atoms with van der Waals surface area (Å²) in [4.78, 5) is 21.5. The minimum absolute atomic E-state index is 0.112. The molecule has 0 amide bonds. The van der Waals surface area contributed by atoms with Crippen LogP contribution in [0, 0.1) is 6.92 Å². The third kappa shape index (κ3) is 1.55. The van der Waals surface area contributed by atoms with Crippen LogP contribution < -0.4 is 5.63 Å². The first-order valence-corrected chi connectivity index (χ1v) is 3.23. The molecule has 0 saturated heterocycles. The summed E-state index contributed by atoms with van der Waals surface area (Å²) >= 11 is 0. The minimum atomic E-state index is -0.447. The van der Waals surface area contributed by atoms with Crippen molar-refractivity contribution in [2.45, 2.75) is 13.8 Å². The van der Waals surface area contributed by atoms with E-state index < -0.39 is 5.63 Å². The lowest BCUT2D eigenvalue weighted by molar-refractivity contribution is 0.0982. The second-order valence-electron chi connectivity index (χ2n) is 2.33. The Morgan fingerprint density at radius 2 is 2.09 bits per heavy atom. The van der Waals surface area contributed by atoms with Crippen LogP contribution in [0.2, 0.25) is 0 Å². The molecule has 1 heterocycles. The van der Waals surface area contributed by atoms with Crippen molar-refractivity contribution in [1.29, 1.82) is 0 Å². The summed E-state index contributed by atoms with van der Waals surface area (Å²) in [5.41, 5.74) is 0.0627. The van der Waals surface area contributed by atoms with E-state index in [4.69, 9.17) is 0 Å². The molecule has 1 aromatic rings. The predicted molar refractivity (Wildman–Crippen MR) is 39.7 cm³/mol. The summed E-state index contributed by atoms with van der Waals surface area (Å²) in [6, 6.07) is 3.07. The van der Waals surface area contributed by atoms with Crippen LogP contribution in [-0.2, 0) is 0 Å². The van der Waals surface area contributed by atoms with Crippen molar-refractivity contribution >= 4 is 5.78 Å². The Balaban J connectivity index is 3.26. The van der Waals surface area contributed by atoms with E-state index in [0.717, 1.165) is 0 Å². The van der Waals surface area contributed by atoms with Crippen LogP contribution in [0.5, 0.6) is 0 Å². The monoisotopic (exact) mass is 152 g/mol. The van der Waals surface area contributed by atoms with E-state index in [1.54, 1.807) is 13.0 Å². The third-order valence-electron chi connectivity index (χ3n) is 1.36. The van der Waals surface area contributed by atoms with Gasteiger partial charge in [0.05, 0.1) is 0 Å². The van der Waals surface area contributed by atoms with E-state index in [1.165, 1.54) is 13.0 Å². The van der Waals surface area contributed by atoms with Crippen molar-refractivity contribution in [1.82, 2.24) is 0 Å². The highest BCUT2D eigenvalue weighted by molar-refractivity contribution is 5.90. The van der Waals surface area contributed by atoms with E-state index in [9.17, 15) is 9.59 Å². The molecule has 0 aliphatic carbocycles. The molecular formula is C8H8O3. The Morgan fingerprint density at radius 3 is 2.55 bits per heavy atom. The van der Waals surface area contributed by atoms with Crippen LogP contribution in [0.3, 0.4) is 0 Å². The maximum Gasteiger partial charge on any atom is 0.339 e. The summed E-state index contributed by atoms with van der Waals surface area (Å²) in [5.74, 6) is -0.122. The molecule has 0 aliphatic heterocycles. The fraction of sp³-hybridized carbons (Fsp3) is 0.250. The number of hydrogen-bond donors (Lipinski definition) is 0. The van der Waals surface area contributed by atoms with E-state index in [0.29, 0.717) is 5.56 Å². The van der Waals surface area contributed by atoms with Crippen molar-refractivity contribution in [3.8, 4) is 0 Å². The Morgan fingerprint density at radius 1 is 1.45 bits per heavy atom. The van der Waals surface area contributed by atoms with Gasteiger partial charge in [0.1, 0.15) is 0 Å². The number of Topliss-reactive ketones (excluding diaryl/α,β-unsaturated/α-hetero) is 1. The van der Waals surface area contributed by atoms with Crippen LogP contribution in [0.4, 0.5) is 0 Å². The topological polar surface area (TPSA) is 47.3 Å². The van der Waals surface area contributed by atoms with Crippen molar-refractivity contribution in [3.63, 3.8) is 0 Å². The smallest absolute Gasteiger partial charge is 0.339 e. The molecule has 58 valence electrons. The van der Waals surface area contributed by atoms with E-state index in [-0.39, 0.29) is 11.5 Å². The van der Waals surface area contributed by atoms with E-state index >= 15 is 0 Å². The predicted octanol–water partition coefficient (Wildman–Crippen LogP) is 1.15. The molecule has 3 heteroatoms. The van der Waals surface area contributed by atoms with Crippen molar-refractivity contribution in [2.24, 2.45) is 0 Å². The number of hydrogen-bond acceptors (Lipinski definition) is 3. The van der Waals surface area contributed by atoms with Crippen LogP contribution in [-0.4, -0.2) is 5.78 Å². The quantitative estimate of drug-likeness (QED) is 0.567. The molecule has 0 bridgehead atoms. The number of rotatable bonds is 1. The standard InChI is InChI=1S/C8H8O3/c1-5-3-4-7(6(2)9)11-8(5)10/h3-4H,1-2H3. The van der Waals surface area contributed by atoms with E-state index in [1.807, 2.05) is 0 Å². The zero-order valence-corrected chi connectivity index (χ0v) is 6.38. The number of carbonyl (C=O) groups excluding carboxylic acids is 1. The van der Waals surface area contributed by atoms with Crippen molar-refractivity contribution in [2.75, 3.05) is 0 Å². The Labute approximate surface area is 63.7 Å². The Kier molecular flexibility index (Phi) is 1.89. The Bertz CT molecular complexity index is 335. The molecule has 0 N–H and O–H groups in total. The van der Waals surface area contributed by atoms with Gasteiger partial charge in [0.15, 0.2) is 11.5 Å². The lowest BCUT2D eigenvalue weighted by Gasteiger charge is -1.92. The van der Waals surface area contributed by atoms with Gasteiger partial charge < -0.3 is 4.42 Å². The molecule has 0 radical (unpaired) electrons. The second kappa shape index (κ2) is 2.70. The van der Waals surface area contributed by atoms with Crippen molar-refractivity contribution < 1.29 is 9.21 Å². The van der Waals surface area contributed by atoms with Gasteiger partial charge in [0.2, 0.25) is 0 Å². The highest BCUT2D eigenvalue weighted by atomic mass is 16.4. The third-order valence-corrected chi connectivity index (χ3v) is 1.36. The first-order chi connectivity index (χ1) is 5.11. The van der Waals surface area contributed by atoms with Crippen LogP contribution in [0.1, 0.15) is 23.0 Å². The van der Waals surface area contributed by atoms with Crippen LogP contribution >= 0.6 is 0 Å². The van der Waals surface area contributed by atoms with Gasteiger partial charge in [0, 0.05) is 12.5 Å². The van der Waals surface area contributed by atoms with Crippen molar-refractivity contribution in [3.05, 3.63) is 33.9 Å². The Hall–Kier alpha value is -1.38. The first-order valence-electron chi connectivity index (χ1n) is 3.23. The number of ketones is 1. The second-order valence-corrected chi connectivity index (χ2v) is 2.33. The summed E-state index contributed by atoms with van der Waals surface area (Å²) in [5, 5.41) is 0. The molecular weight excluding hydrogens is 144 g/mol. The minimum Gasteiger partial charge on any atom is -0.419 e. The molecule has 1 rings (SSSR count). The molecule has 0 unspecified atom stereocenters. The molecule has 0 aliphatic rings. The summed E-state index contributed by atoms with van der Waals surface area (Å²) in [6.07, 6.45) is 0. The molecule has 0 atom stereocenters. The zero-order chi connectivity index (χ0) is 8.43. The van der Waals surface area contributed by atoms with E-state index in [2.05, 4.69) is 4.42 Å². The molecule has 3 nitrogen and oxygen atoms in total. The maximum atomic E-state index is 10.8. The molecule has 0 fully saturated rings. The number of carbonyl (C=O) groups is 1. The fourth-order valence-electron chi connectivity index (χ4n) is 0.672. The lowest BCUT2D eigenvalue weighted by atomic mass is 10.2. The molecule has 0 spiro atoms. The summed E-state index contributed by atoms with van der Waals surface area (Å²) < 4.78 is 4.66. The van der Waals surface area contributed by atoms with Gasteiger partial charge in [-0.1, -0.05) is 0 Å². The lowest BCUT2D eigenvalue weighted by Crippen LogP contribution is -2.06. The molecule has 0 saturated carbocycles. The summed E-state index contributed by atoms with van der Waals surface area (Å²) in [6.45, 7) is 2.99. The fourth-order valence-corrected chi connectivity index (χ4v) is 0.672. The first kappa shape index (κ1) is 7.72. The largest absolute Gasteiger partial charge is 0.419 e. The van der Waals surface area contributed by atoms with Gasteiger partial charge in [0.25, 0.3) is 0 Å². The normalized spacial score (nSPS) is 9.64. The maximum absolute atomic E-state index is 10.8. The molecule has 0 aromatic carbocycles. The zero-order valence-electron chi connectivity index (χ0n) is 6.38. The number of aryl methyl sites for hydroxylation is 1. The SMILES string of the molecule is CC(=O)c1ccc(C)c(=O)o1. The molecule has 11 heavy (non-hydrogen) atoms. The molecule has 1 aromatic heterocycles. The highest BCUT2D eigenvalue weighted by Gasteiger charge is 2.02. The van der Waals surface area contributed by atoms with Crippen LogP contribution in [0.15, 0.2) is 21.3 Å². The average molecular weight is 152 g/mol. The van der Waals surface area contributed by atoms with Gasteiger partial charge >= 0.3 is 5.63 Å². The van der Waals surface area contributed by atoms with Gasteiger partial charge in [-0.15, -0.1) is 0 Å². The van der Waals surface area contributed by atoms with Gasteiger partial charge in [-0.05, 0) is 19.1 Å². The average Bonchev–Trinajstić information content (AvgIpc) is 1.94. The van der Waals surface area contributed by atoms with Gasteiger partial charge in [-0.3, -0.25) is 4.79 Å². The van der Waals surface area contributed by atoms with Gasteiger partial charge in [-0.25, -0.2) is 4.79 Å². The summed E-state index contributed by atoms with van der Waals surface area (Å²) in [7, 11) is 0. The van der Waals surface area contributed by atoms with Gasteiger partial charge in [-0.2, -0.15) is 0 Å².